The van der Waals surface area contributed by atoms with Crippen molar-refractivity contribution in [2.75, 3.05) is 11.1 Å². The fourth-order valence-corrected chi connectivity index (χ4v) is 2.00. The quantitative estimate of drug-likeness (QED) is 0.634. The van der Waals surface area contributed by atoms with E-state index in [1.807, 2.05) is 55.5 Å². The lowest BCUT2D eigenvalue weighted by Gasteiger charge is -2.04. The molecular weight excluding hydrogens is 274 g/mol. The number of aromatic amines is 1. The maximum atomic E-state index is 5.49. The van der Waals surface area contributed by atoms with Gasteiger partial charge in [0.15, 0.2) is 0 Å². The smallest absolute Gasteiger partial charge is 0.248 e. The summed E-state index contributed by atoms with van der Waals surface area (Å²) in [5.41, 5.74) is 9.45. The van der Waals surface area contributed by atoms with Crippen LogP contribution in [0.2, 0.25) is 0 Å². The van der Waals surface area contributed by atoms with E-state index in [1.165, 1.54) is 0 Å². The number of nitrogens with one attached hydrogen (secondary N) is 2. The SMILES string of the molecule is Cc1cc(Nc2n[nH]c(N)n2)ccc1C#Cc1ccccc1. The van der Waals surface area contributed by atoms with Gasteiger partial charge in [-0.1, -0.05) is 30.0 Å². The molecular formula is C17H15N5. The van der Waals surface area contributed by atoms with E-state index in [4.69, 9.17) is 5.73 Å². The molecule has 0 aliphatic carbocycles. The molecule has 1 heterocycles. The number of nitrogens with two attached hydrogens (primary N) is 1. The number of benzene rings is 2. The van der Waals surface area contributed by atoms with Gasteiger partial charge in [0.05, 0.1) is 0 Å². The maximum Gasteiger partial charge on any atom is 0.248 e. The van der Waals surface area contributed by atoms with Gasteiger partial charge in [-0.15, -0.1) is 5.10 Å². The van der Waals surface area contributed by atoms with E-state index in [1.54, 1.807) is 0 Å². The highest BCUT2D eigenvalue weighted by Gasteiger charge is 2.02. The number of rotatable bonds is 2. The summed E-state index contributed by atoms with van der Waals surface area (Å²) in [7, 11) is 0. The van der Waals surface area contributed by atoms with Crippen LogP contribution < -0.4 is 11.1 Å². The summed E-state index contributed by atoms with van der Waals surface area (Å²) in [5, 5.41) is 9.61. The molecule has 0 saturated heterocycles. The zero-order valence-corrected chi connectivity index (χ0v) is 12.1. The molecule has 0 spiro atoms. The van der Waals surface area contributed by atoms with E-state index in [0.717, 1.165) is 22.4 Å². The minimum atomic E-state index is 0.282. The number of hydrogen-bond acceptors (Lipinski definition) is 4. The van der Waals surface area contributed by atoms with Gasteiger partial charge in [-0.05, 0) is 42.8 Å². The van der Waals surface area contributed by atoms with Crippen LogP contribution in [-0.2, 0) is 0 Å². The molecule has 0 amide bonds. The Labute approximate surface area is 128 Å². The van der Waals surface area contributed by atoms with Crippen molar-refractivity contribution in [1.29, 1.82) is 0 Å². The highest BCUT2D eigenvalue weighted by Crippen LogP contribution is 2.17. The van der Waals surface area contributed by atoms with Gasteiger partial charge >= 0.3 is 0 Å². The molecule has 1 aromatic heterocycles. The number of aryl methyl sites for hydroxylation is 1. The Balaban J connectivity index is 1.79. The van der Waals surface area contributed by atoms with Crippen LogP contribution in [0.5, 0.6) is 0 Å². The first-order chi connectivity index (χ1) is 10.7. The zero-order chi connectivity index (χ0) is 15.4. The van der Waals surface area contributed by atoms with Crippen molar-refractivity contribution in [2.45, 2.75) is 6.92 Å². The molecule has 3 aromatic rings. The number of aromatic nitrogens is 3. The minimum absolute atomic E-state index is 0.282. The molecule has 5 heteroatoms. The highest BCUT2D eigenvalue weighted by molar-refractivity contribution is 5.59. The van der Waals surface area contributed by atoms with Crippen LogP contribution in [-0.4, -0.2) is 15.2 Å². The van der Waals surface area contributed by atoms with E-state index in [-0.39, 0.29) is 5.95 Å². The second-order valence-corrected chi connectivity index (χ2v) is 4.81. The van der Waals surface area contributed by atoms with Crippen molar-refractivity contribution in [3.8, 4) is 11.8 Å². The van der Waals surface area contributed by atoms with E-state index in [9.17, 15) is 0 Å². The third kappa shape index (κ3) is 3.25. The maximum absolute atomic E-state index is 5.49. The lowest BCUT2D eigenvalue weighted by atomic mass is 10.1. The number of hydrogen-bond donors (Lipinski definition) is 3. The van der Waals surface area contributed by atoms with E-state index < -0.39 is 0 Å². The van der Waals surface area contributed by atoms with Crippen molar-refractivity contribution < 1.29 is 0 Å². The van der Waals surface area contributed by atoms with Crippen LogP contribution in [0.1, 0.15) is 16.7 Å². The Kier molecular flexibility index (Phi) is 3.75. The Hall–Kier alpha value is -3.26. The number of anilines is 3. The second kappa shape index (κ2) is 6.02. The third-order valence-electron chi connectivity index (χ3n) is 3.10. The highest BCUT2D eigenvalue weighted by atomic mass is 15.3. The fourth-order valence-electron chi connectivity index (χ4n) is 2.00. The standard InChI is InChI=1S/C17H15N5/c1-12-11-15(19-17-20-16(18)21-22-17)10-9-14(12)8-7-13-5-3-2-4-6-13/h2-6,9-11H,1H3,(H4,18,19,20,21,22). The average Bonchev–Trinajstić information content (AvgIpc) is 2.92. The van der Waals surface area contributed by atoms with Crippen molar-refractivity contribution in [3.05, 3.63) is 65.2 Å². The molecule has 0 fully saturated rings. The van der Waals surface area contributed by atoms with Gasteiger partial charge in [-0.3, -0.25) is 0 Å². The first kappa shape index (κ1) is 13.7. The molecule has 3 rings (SSSR count). The summed E-state index contributed by atoms with van der Waals surface area (Å²) in [5.74, 6) is 7.07. The van der Waals surface area contributed by atoms with Crippen molar-refractivity contribution in [2.24, 2.45) is 0 Å². The van der Waals surface area contributed by atoms with E-state index in [0.29, 0.717) is 5.95 Å². The van der Waals surface area contributed by atoms with Gasteiger partial charge in [-0.2, -0.15) is 4.98 Å². The summed E-state index contributed by atoms with van der Waals surface area (Å²) < 4.78 is 0. The van der Waals surface area contributed by atoms with Gasteiger partial charge in [0.2, 0.25) is 11.9 Å². The molecule has 2 aromatic carbocycles. The van der Waals surface area contributed by atoms with Crippen LogP contribution >= 0.6 is 0 Å². The molecule has 0 atom stereocenters. The van der Waals surface area contributed by atoms with Crippen molar-refractivity contribution in [1.82, 2.24) is 15.2 Å². The third-order valence-corrected chi connectivity index (χ3v) is 3.10. The number of H-pyrrole nitrogens is 1. The molecule has 0 aliphatic rings. The van der Waals surface area contributed by atoms with Gasteiger partial charge in [0.25, 0.3) is 0 Å². The Morgan fingerprint density at radius 1 is 1.09 bits per heavy atom. The normalized spacial score (nSPS) is 9.86. The Morgan fingerprint density at radius 3 is 2.59 bits per heavy atom. The second-order valence-electron chi connectivity index (χ2n) is 4.81. The average molecular weight is 289 g/mol. The topological polar surface area (TPSA) is 79.6 Å². The number of nitrogen functional groups attached to an aromatic ring is 1. The first-order valence-electron chi connectivity index (χ1n) is 6.83. The zero-order valence-electron chi connectivity index (χ0n) is 12.1. The molecule has 4 N–H and O–H groups in total. The summed E-state index contributed by atoms with van der Waals surface area (Å²) >= 11 is 0. The Bertz CT molecular complexity index is 840. The van der Waals surface area contributed by atoms with E-state index >= 15 is 0 Å². The summed E-state index contributed by atoms with van der Waals surface area (Å²) in [6, 6.07) is 15.8. The Morgan fingerprint density at radius 2 is 1.91 bits per heavy atom. The molecule has 5 nitrogen and oxygen atoms in total. The van der Waals surface area contributed by atoms with Gasteiger partial charge < -0.3 is 11.1 Å². The van der Waals surface area contributed by atoms with Crippen LogP contribution in [0, 0.1) is 18.8 Å². The van der Waals surface area contributed by atoms with Crippen molar-refractivity contribution >= 4 is 17.6 Å². The van der Waals surface area contributed by atoms with Gasteiger partial charge in [-0.25, -0.2) is 5.10 Å². The number of nitrogens with zero attached hydrogens (tertiary/aromatic N) is 2. The molecule has 0 bridgehead atoms. The first-order valence-corrected chi connectivity index (χ1v) is 6.83. The molecule has 108 valence electrons. The lowest BCUT2D eigenvalue weighted by Crippen LogP contribution is -1.94. The molecule has 0 aliphatic heterocycles. The predicted octanol–water partition coefficient (Wildman–Crippen LogP) is 2.84. The summed E-state index contributed by atoms with van der Waals surface area (Å²) in [6.45, 7) is 2.02. The van der Waals surface area contributed by atoms with Crippen LogP contribution in [0.15, 0.2) is 48.5 Å². The molecule has 0 radical (unpaired) electrons. The van der Waals surface area contributed by atoms with E-state index in [2.05, 4.69) is 32.3 Å². The van der Waals surface area contributed by atoms with Crippen LogP contribution in [0.25, 0.3) is 0 Å². The largest absolute Gasteiger partial charge is 0.368 e. The minimum Gasteiger partial charge on any atom is -0.368 e. The monoisotopic (exact) mass is 289 g/mol. The van der Waals surface area contributed by atoms with Crippen LogP contribution in [0.4, 0.5) is 17.6 Å². The van der Waals surface area contributed by atoms with Crippen LogP contribution in [0.3, 0.4) is 0 Å². The predicted molar refractivity (Wildman–Crippen MR) is 87.7 cm³/mol. The molecule has 0 saturated carbocycles. The lowest BCUT2D eigenvalue weighted by molar-refractivity contribution is 1.10. The van der Waals surface area contributed by atoms with Gasteiger partial charge in [0.1, 0.15) is 0 Å². The summed E-state index contributed by atoms with van der Waals surface area (Å²) in [6.07, 6.45) is 0. The summed E-state index contributed by atoms with van der Waals surface area (Å²) in [4.78, 5) is 4.01. The molecule has 0 unspecified atom stereocenters. The van der Waals surface area contributed by atoms with Crippen molar-refractivity contribution in [3.63, 3.8) is 0 Å². The fraction of sp³-hybridized carbons (Fsp3) is 0.0588. The van der Waals surface area contributed by atoms with Gasteiger partial charge in [0, 0.05) is 16.8 Å². The molecule has 22 heavy (non-hydrogen) atoms.